The highest BCUT2D eigenvalue weighted by Gasteiger charge is 2.21. The zero-order valence-electron chi connectivity index (χ0n) is 14.5. The lowest BCUT2D eigenvalue weighted by atomic mass is 10.2. The molecule has 3 N–H and O–H groups in total. The molecule has 0 aliphatic carbocycles. The molecule has 0 bridgehead atoms. The Morgan fingerprint density at radius 3 is 2.86 bits per heavy atom. The number of ether oxygens (including phenoxy) is 2. The number of benzene rings is 2. The first-order valence-electron chi connectivity index (χ1n) is 8.42. The van der Waals surface area contributed by atoms with Crippen molar-refractivity contribution in [3.63, 3.8) is 0 Å². The van der Waals surface area contributed by atoms with E-state index in [0.717, 1.165) is 5.52 Å². The van der Waals surface area contributed by atoms with Gasteiger partial charge in [-0.2, -0.15) is 0 Å². The summed E-state index contributed by atoms with van der Waals surface area (Å²) in [5, 5.41) is 10.3. The fourth-order valence-corrected chi connectivity index (χ4v) is 3.09. The van der Waals surface area contributed by atoms with Gasteiger partial charge in [0.05, 0.1) is 11.0 Å². The third-order valence-electron chi connectivity index (χ3n) is 4.34. The van der Waals surface area contributed by atoms with Crippen molar-refractivity contribution in [2.24, 2.45) is 0 Å². The standard InChI is InChI=1S/C18H14N6O4/c19-17-16(22-28-23-17)18-21-11-3-1-2-4-12(11)24(18)8-15(25)20-10-5-6-13-14(7-10)27-9-26-13/h1-7H,8-9H2,(H2,19,23)(H,20,25). The van der Waals surface area contributed by atoms with E-state index >= 15 is 0 Å². The van der Waals surface area contributed by atoms with Crippen molar-refractivity contribution in [3.8, 4) is 23.0 Å². The van der Waals surface area contributed by atoms with E-state index in [1.807, 2.05) is 24.3 Å². The molecule has 4 aromatic rings. The van der Waals surface area contributed by atoms with Crippen LogP contribution in [0.2, 0.25) is 0 Å². The number of hydrogen-bond acceptors (Lipinski definition) is 8. The molecule has 10 nitrogen and oxygen atoms in total. The van der Waals surface area contributed by atoms with Crippen LogP contribution in [0.5, 0.6) is 11.5 Å². The number of nitrogens with one attached hydrogen (secondary N) is 1. The normalized spacial score (nSPS) is 12.4. The first-order valence-corrected chi connectivity index (χ1v) is 8.42. The number of para-hydroxylation sites is 2. The van der Waals surface area contributed by atoms with E-state index in [4.69, 9.17) is 15.2 Å². The van der Waals surface area contributed by atoms with Gasteiger partial charge in [0.1, 0.15) is 6.54 Å². The van der Waals surface area contributed by atoms with Crippen molar-refractivity contribution >= 4 is 28.4 Å². The topological polar surface area (TPSA) is 130 Å². The van der Waals surface area contributed by atoms with Crippen molar-refractivity contribution < 1.29 is 18.9 Å². The lowest BCUT2D eigenvalue weighted by Crippen LogP contribution is -2.19. The van der Waals surface area contributed by atoms with Gasteiger partial charge in [-0.1, -0.05) is 12.1 Å². The summed E-state index contributed by atoms with van der Waals surface area (Å²) in [5.74, 6) is 1.50. The van der Waals surface area contributed by atoms with Crippen molar-refractivity contribution in [1.82, 2.24) is 19.9 Å². The van der Waals surface area contributed by atoms with Gasteiger partial charge in [-0.3, -0.25) is 4.79 Å². The fraction of sp³-hybridized carbons (Fsp3) is 0.111. The minimum Gasteiger partial charge on any atom is -0.454 e. The maximum absolute atomic E-state index is 12.7. The van der Waals surface area contributed by atoms with Crippen LogP contribution in [-0.4, -0.2) is 32.6 Å². The number of rotatable bonds is 4. The van der Waals surface area contributed by atoms with Crippen LogP contribution in [0.3, 0.4) is 0 Å². The highest BCUT2D eigenvalue weighted by molar-refractivity contribution is 5.93. The summed E-state index contributed by atoms with van der Waals surface area (Å²) < 4.78 is 17.0. The van der Waals surface area contributed by atoms with Crippen LogP contribution in [0.1, 0.15) is 0 Å². The van der Waals surface area contributed by atoms with Gasteiger partial charge in [-0.25, -0.2) is 9.61 Å². The van der Waals surface area contributed by atoms with E-state index in [9.17, 15) is 4.79 Å². The summed E-state index contributed by atoms with van der Waals surface area (Å²) in [4.78, 5) is 17.2. The zero-order chi connectivity index (χ0) is 19.1. The number of fused-ring (bicyclic) bond motifs is 2. The highest BCUT2D eigenvalue weighted by Crippen LogP contribution is 2.34. The third-order valence-corrected chi connectivity index (χ3v) is 4.34. The van der Waals surface area contributed by atoms with Gasteiger partial charge in [0, 0.05) is 11.8 Å². The molecule has 0 atom stereocenters. The monoisotopic (exact) mass is 378 g/mol. The molecule has 1 aliphatic rings. The number of anilines is 2. The minimum absolute atomic E-state index is 0.00338. The van der Waals surface area contributed by atoms with E-state index < -0.39 is 0 Å². The number of imidazole rings is 1. The zero-order valence-corrected chi connectivity index (χ0v) is 14.5. The Morgan fingerprint density at radius 1 is 1.14 bits per heavy atom. The minimum atomic E-state index is -0.252. The Bertz CT molecular complexity index is 1200. The van der Waals surface area contributed by atoms with Crippen LogP contribution < -0.4 is 20.5 Å². The van der Waals surface area contributed by atoms with E-state index in [1.54, 1.807) is 22.8 Å². The fourth-order valence-electron chi connectivity index (χ4n) is 3.09. The maximum Gasteiger partial charge on any atom is 0.244 e. The van der Waals surface area contributed by atoms with Crippen molar-refractivity contribution in [3.05, 3.63) is 42.5 Å². The second-order valence-corrected chi connectivity index (χ2v) is 6.12. The van der Waals surface area contributed by atoms with Crippen LogP contribution in [0, 0.1) is 0 Å². The molecule has 5 rings (SSSR count). The van der Waals surface area contributed by atoms with Gasteiger partial charge in [-0.15, -0.1) is 0 Å². The van der Waals surface area contributed by atoms with Gasteiger partial charge < -0.3 is 25.1 Å². The molecule has 0 spiro atoms. The van der Waals surface area contributed by atoms with E-state index in [2.05, 4.69) is 25.2 Å². The second kappa shape index (κ2) is 6.27. The van der Waals surface area contributed by atoms with Crippen molar-refractivity contribution in [2.45, 2.75) is 6.54 Å². The molecule has 10 heteroatoms. The lowest BCUT2D eigenvalue weighted by Gasteiger charge is -2.09. The molecule has 0 fully saturated rings. The summed E-state index contributed by atoms with van der Waals surface area (Å²) in [6, 6.07) is 12.6. The molecule has 0 unspecified atom stereocenters. The Kier molecular flexibility index (Phi) is 3.61. The number of aromatic nitrogens is 4. The number of nitrogens with two attached hydrogens (primary N) is 1. The molecule has 1 aliphatic heterocycles. The molecule has 0 saturated carbocycles. The van der Waals surface area contributed by atoms with Gasteiger partial charge >= 0.3 is 0 Å². The predicted molar refractivity (Wildman–Crippen MR) is 98.6 cm³/mol. The Hall–Kier alpha value is -4.08. The average molecular weight is 378 g/mol. The first kappa shape index (κ1) is 16.1. The van der Waals surface area contributed by atoms with Gasteiger partial charge in [0.25, 0.3) is 0 Å². The van der Waals surface area contributed by atoms with Crippen LogP contribution in [0.4, 0.5) is 11.5 Å². The third kappa shape index (κ3) is 2.67. The highest BCUT2D eigenvalue weighted by atomic mass is 16.7. The van der Waals surface area contributed by atoms with Crippen LogP contribution >= 0.6 is 0 Å². The number of carbonyl (C=O) groups is 1. The molecular formula is C18H14N6O4. The van der Waals surface area contributed by atoms with Gasteiger partial charge in [-0.05, 0) is 34.6 Å². The second-order valence-electron chi connectivity index (χ2n) is 6.12. The number of nitrogen functional groups attached to an aromatic ring is 1. The molecule has 2 aromatic carbocycles. The van der Waals surface area contributed by atoms with Crippen molar-refractivity contribution in [1.29, 1.82) is 0 Å². The van der Waals surface area contributed by atoms with Gasteiger partial charge in [0.15, 0.2) is 28.8 Å². The largest absolute Gasteiger partial charge is 0.454 e. The summed E-state index contributed by atoms with van der Waals surface area (Å²) in [6.45, 7) is 0.168. The number of carbonyl (C=O) groups excluding carboxylic acids is 1. The Labute approximate surface area is 157 Å². The van der Waals surface area contributed by atoms with E-state index in [0.29, 0.717) is 28.5 Å². The van der Waals surface area contributed by atoms with E-state index in [-0.39, 0.29) is 30.8 Å². The Balaban J connectivity index is 1.47. The summed E-state index contributed by atoms with van der Waals surface area (Å²) >= 11 is 0. The predicted octanol–water partition coefficient (Wildman–Crippen LogP) is 2.04. The lowest BCUT2D eigenvalue weighted by molar-refractivity contribution is -0.116. The molecule has 3 heterocycles. The molecule has 0 saturated heterocycles. The van der Waals surface area contributed by atoms with E-state index in [1.165, 1.54) is 0 Å². The molecule has 1 amide bonds. The average Bonchev–Trinajstić information content (AvgIpc) is 3.40. The smallest absolute Gasteiger partial charge is 0.244 e. The Morgan fingerprint density at radius 2 is 2.00 bits per heavy atom. The molecule has 140 valence electrons. The maximum atomic E-state index is 12.7. The van der Waals surface area contributed by atoms with Gasteiger partial charge in [0.2, 0.25) is 12.7 Å². The summed E-state index contributed by atoms with van der Waals surface area (Å²) in [7, 11) is 0. The van der Waals surface area contributed by atoms with Crippen molar-refractivity contribution in [2.75, 3.05) is 17.8 Å². The molecule has 2 aromatic heterocycles. The SMILES string of the molecule is Nc1nonc1-c1nc2ccccc2n1CC(=O)Nc1ccc2c(c1)OCO2. The van der Waals surface area contributed by atoms with Crippen LogP contribution in [0.15, 0.2) is 47.1 Å². The number of nitrogens with zero attached hydrogens (tertiary/aromatic N) is 4. The number of hydrogen-bond donors (Lipinski definition) is 2. The number of amides is 1. The summed E-state index contributed by atoms with van der Waals surface area (Å²) in [6.07, 6.45) is 0. The van der Waals surface area contributed by atoms with Crippen LogP contribution in [0.25, 0.3) is 22.6 Å². The summed E-state index contributed by atoms with van der Waals surface area (Å²) in [5.41, 5.74) is 8.18. The first-order chi connectivity index (χ1) is 13.7. The molecule has 0 radical (unpaired) electrons. The molecule has 28 heavy (non-hydrogen) atoms. The quantitative estimate of drug-likeness (QED) is 0.552. The molecular weight excluding hydrogens is 364 g/mol. The van der Waals surface area contributed by atoms with Crippen LogP contribution in [-0.2, 0) is 11.3 Å².